The van der Waals surface area contributed by atoms with Crippen molar-refractivity contribution in [2.24, 2.45) is 5.92 Å². The van der Waals surface area contributed by atoms with E-state index >= 15 is 0 Å². The molecule has 1 atom stereocenters. The minimum Gasteiger partial charge on any atom is -0.392 e. The number of aliphatic hydroxyl groups excluding tert-OH is 1. The fourth-order valence-corrected chi connectivity index (χ4v) is 1.71. The van der Waals surface area contributed by atoms with Crippen molar-refractivity contribution in [1.82, 2.24) is 4.90 Å². The number of hydrogen-bond donors (Lipinski definition) is 2. The van der Waals surface area contributed by atoms with E-state index in [1.54, 1.807) is 7.05 Å². The van der Waals surface area contributed by atoms with Gasteiger partial charge in [0.1, 0.15) is 0 Å². The summed E-state index contributed by atoms with van der Waals surface area (Å²) < 4.78 is 0. The van der Waals surface area contributed by atoms with E-state index in [9.17, 15) is 14.7 Å². The molecule has 0 fully saturated rings. The summed E-state index contributed by atoms with van der Waals surface area (Å²) in [6.07, 6.45) is -0.647. The van der Waals surface area contributed by atoms with Crippen molar-refractivity contribution in [1.29, 1.82) is 0 Å². The summed E-state index contributed by atoms with van der Waals surface area (Å²) in [5.41, 5.74) is 1.82. The summed E-state index contributed by atoms with van der Waals surface area (Å²) in [5.74, 6) is -0.479. The Balaban J connectivity index is 2.46. The molecule has 0 aliphatic carbocycles. The predicted molar refractivity (Wildman–Crippen MR) is 82.9 cm³/mol. The largest absolute Gasteiger partial charge is 0.392 e. The van der Waals surface area contributed by atoms with Crippen LogP contribution >= 0.6 is 0 Å². The van der Waals surface area contributed by atoms with Crippen LogP contribution in [0.25, 0.3) is 0 Å². The van der Waals surface area contributed by atoms with E-state index in [2.05, 4.69) is 5.32 Å². The minimum absolute atomic E-state index is 0.0173. The van der Waals surface area contributed by atoms with Crippen LogP contribution < -0.4 is 5.32 Å². The van der Waals surface area contributed by atoms with Crippen LogP contribution in [0.3, 0.4) is 0 Å². The Morgan fingerprint density at radius 1 is 1.24 bits per heavy atom. The highest BCUT2D eigenvalue weighted by Crippen LogP contribution is 2.09. The molecule has 116 valence electrons. The number of nitrogens with one attached hydrogen (secondary N) is 1. The molecule has 0 aliphatic heterocycles. The van der Waals surface area contributed by atoms with Gasteiger partial charge in [-0.05, 0) is 25.0 Å². The maximum absolute atomic E-state index is 11.9. The third-order valence-corrected chi connectivity index (χ3v) is 3.30. The number of benzene rings is 1. The number of nitrogens with zero attached hydrogens (tertiary/aromatic N) is 1. The van der Waals surface area contributed by atoms with Crippen LogP contribution in [0.5, 0.6) is 0 Å². The Morgan fingerprint density at radius 2 is 1.81 bits per heavy atom. The molecule has 1 aromatic carbocycles. The lowest BCUT2D eigenvalue weighted by molar-refractivity contribution is -0.135. The van der Waals surface area contributed by atoms with Crippen molar-refractivity contribution < 1.29 is 14.7 Å². The van der Waals surface area contributed by atoms with Gasteiger partial charge in [0.15, 0.2) is 0 Å². The number of carbonyl (C=O) groups is 2. The number of carbonyl (C=O) groups excluding carboxylic acids is 2. The molecule has 1 aromatic rings. The first-order valence-corrected chi connectivity index (χ1v) is 7.08. The van der Waals surface area contributed by atoms with E-state index in [0.29, 0.717) is 5.69 Å². The van der Waals surface area contributed by atoms with E-state index in [0.717, 1.165) is 5.56 Å². The molecule has 21 heavy (non-hydrogen) atoms. The Morgan fingerprint density at radius 3 is 2.33 bits per heavy atom. The lowest BCUT2D eigenvalue weighted by Crippen LogP contribution is -2.37. The molecule has 0 bridgehead atoms. The van der Waals surface area contributed by atoms with Crippen molar-refractivity contribution in [3.63, 3.8) is 0 Å². The SMILES string of the molecule is Cc1ccc(NC(=O)CN(C)C(=O)CC(O)C(C)C)cc1. The fraction of sp³-hybridized carbons (Fsp3) is 0.500. The second-order valence-electron chi connectivity index (χ2n) is 5.68. The molecule has 0 aromatic heterocycles. The number of rotatable bonds is 6. The Kier molecular flexibility index (Phi) is 6.37. The van der Waals surface area contributed by atoms with Gasteiger partial charge in [-0.25, -0.2) is 0 Å². The molecule has 2 N–H and O–H groups in total. The van der Waals surface area contributed by atoms with Crippen LogP contribution in [0, 0.1) is 12.8 Å². The number of hydrogen-bond acceptors (Lipinski definition) is 3. The van der Waals surface area contributed by atoms with Gasteiger partial charge < -0.3 is 15.3 Å². The highest BCUT2D eigenvalue weighted by molar-refractivity contribution is 5.94. The molecule has 1 unspecified atom stereocenters. The lowest BCUT2D eigenvalue weighted by atomic mass is 10.0. The van der Waals surface area contributed by atoms with Crippen LogP contribution in [0.2, 0.25) is 0 Å². The standard InChI is InChI=1S/C16H24N2O3/c1-11(2)14(19)9-16(21)18(4)10-15(20)17-13-7-5-12(3)6-8-13/h5-8,11,14,19H,9-10H2,1-4H3,(H,17,20). The average molecular weight is 292 g/mol. The molecule has 0 saturated carbocycles. The fourth-order valence-electron chi connectivity index (χ4n) is 1.71. The number of amides is 2. The van der Waals surface area contributed by atoms with Gasteiger partial charge >= 0.3 is 0 Å². The summed E-state index contributed by atoms with van der Waals surface area (Å²) in [6.45, 7) is 5.64. The van der Waals surface area contributed by atoms with Crippen molar-refractivity contribution in [3.8, 4) is 0 Å². The molecule has 0 spiro atoms. The second-order valence-corrected chi connectivity index (χ2v) is 5.68. The quantitative estimate of drug-likeness (QED) is 0.840. The smallest absolute Gasteiger partial charge is 0.243 e. The van der Waals surface area contributed by atoms with E-state index in [4.69, 9.17) is 0 Å². The molecule has 0 saturated heterocycles. The van der Waals surface area contributed by atoms with E-state index < -0.39 is 6.10 Å². The monoisotopic (exact) mass is 292 g/mol. The van der Waals surface area contributed by atoms with Gasteiger partial charge in [0.25, 0.3) is 0 Å². The van der Waals surface area contributed by atoms with Crippen molar-refractivity contribution in [2.45, 2.75) is 33.3 Å². The molecule has 1 rings (SSSR count). The van der Waals surface area contributed by atoms with Crippen LogP contribution in [0.15, 0.2) is 24.3 Å². The Hall–Kier alpha value is -1.88. The van der Waals surface area contributed by atoms with Crippen LogP contribution in [0.1, 0.15) is 25.8 Å². The Labute approximate surface area is 126 Å². The van der Waals surface area contributed by atoms with Crippen molar-refractivity contribution in [3.05, 3.63) is 29.8 Å². The highest BCUT2D eigenvalue weighted by Gasteiger charge is 2.19. The van der Waals surface area contributed by atoms with Gasteiger partial charge in [-0.15, -0.1) is 0 Å². The number of likely N-dealkylation sites (N-methyl/N-ethyl adjacent to an activating group) is 1. The molecule has 5 heteroatoms. The van der Waals surface area contributed by atoms with Gasteiger partial charge in [0.2, 0.25) is 11.8 Å². The van der Waals surface area contributed by atoms with Crippen molar-refractivity contribution in [2.75, 3.05) is 18.9 Å². The predicted octanol–water partition coefficient (Wildman–Crippen LogP) is 1.80. The zero-order valence-electron chi connectivity index (χ0n) is 13.1. The third-order valence-electron chi connectivity index (χ3n) is 3.30. The van der Waals surface area contributed by atoms with Crippen LogP contribution in [-0.2, 0) is 9.59 Å². The lowest BCUT2D eigenvalue weighted by Gasteiger charge is -2.20. The maximum Gasteiger partial charge on any atom is 0.243 e. The highest BCUT2D eigenvalue weighted by atomic mass is 16.3. The van der Waals surface area contributed by atoms with Gasteiger partial charge in [-0.3, -0.25) is 9.59 Å². The summed E-state index contributed by atoms with van der Waals surface area (Å²) in [7, 11) is 1.56. The van der Waals surface area contributed by atoms with E-state index in [1.165, 1.54) is 4.90 Å². The van der Waals surface area contributed by atoms with E-state index in [1.807, 2.05) is 45.0 Å². The number of aliphatic hydroxyl groups is 1. The summed E-state index contributed by atoms with van der Waals surface area (Å²) in [6, 6.07) is 7.45. The van der Waals surface area contributed by atoms with Gasteiger partial charge in [-0.1, -0.05) is 31.5 Å². The molecule has 5 nitrogen and oxygen atoms in total. The Bertz CT molecular complexity index is 483. The molecular formula is C16H24N2O3. The number of anilines is 1. The molecule has 0 aliphatic rings. The summed E-state index contributed by atoms with van der Waals surface area (Å²) >= 11 is 0. The van der Waals surface area contributed by atoms with Crippen LogP contribution in [0.4, 0.5) is 5.69 Å². The number of aryl methyl sites for hydroxylation is 1. The minimum atomic E-state index is -0.680. The topological polar surface area (TPSA) is 69.6 Å². The first-order chi connectivity index (χ1) is 9.79. The van der Waals surface area contributed by atoms with Gasteiger partial charge in [-0.2, -0.15) is 0 Å². The summed E-state index contributed by atoms with van der Waals surface area (Å²) in [5, 5.41) is 12.4. The average Bonchev–Trinajstić information content (AvgIpc) is 2.40. The first-order valence-electron chi connectivity index (χ1n) is 7.08. The second kappa shape index (κ2) is 7.78. The zero-order valence-corrected chi connectivity index (χ0v) is 13.1. The van der Waals surface area contributed by atoms with Crippen LogP contribution in [-0.4, -0.2) is 41.5 Å². The third kappa shape index (κ3) is 5.95. The van der Waals surface area contributed by atoms with E-state index in [-0.39, 0.29) is 30.7 Å². The zero-order chi connectivity index (χ0) is 16.0. The summed E-state index contributed by atoms with van der Waals surface area (Å²) in [4.78, 5) is 25.1. The first kappa shape index (κ1) is 17.2. The van der Waals surface area contributed by atoms with Crippen molar-refractivity contribution >= 4 is 17.5 Å². The normalized spacial score (nSPS) is 12.1. The molecule has 2 amide bonds. The van der Waals surface area contributed by atoms with Gasteiger partial charge in [0.05, 0.1) is 19.1 Å². The molecular weight excluding hydrogens is 268 g/mol. The molecule has 0 heterocycles. The van der Waals surface area contributed by atoms with Gasteiger partial charge in [0, 0.05) is 12.7 Å². The maximum atomic E-state index is 11.9. The molecule has 0 radical (unpaired) electrons.